The molecule has 0 aromatic heterocycles. The second-order valence-electron chi connectivity index (χ2n) is 5.20. The van der Waals surface area contributed by atoms with Crippen molar-refractivity contribution in [3.63, 3.8) is 0 Å². The third-order valence-corrected chi connectivity index (χ3v) is 3.85. The summed E-state index contributed by atoms with van der Waals surface area (Å²) in [6, 6.07) is 10.4. The van der Waals surface area contributed by atoms with Gasteiger partial charge >= 0.3 is 0 Å². The van der Waals surface area contributed by atoms with Crippen molar-refractivity contribution in [1.29, 1.82) is 0 Å². The summed E-state index contributed by atoms with van der Waals surface area (Å²) < 4.78 is 0. The van der Waals surface area contributed by atoms with Crippen LogP contribution in [0, 0.1) is 5.92 Å². The fourth-order valence-corrected chi connectivity index (χ4v) is 2.88. The lowest BCUT2D eigenvalue weighted by Gasteiger charge is -2.23. The lowest BCUT2D eigenvalue weighted by molar-refractivity contribution is 0.262. The van der Waals surface area contributed by atoms with Crippen LogP contribution in [0.15, 0.2) is 40.4 Å². The van der Waals surface area contributed by atoms with Crippen molar-refractivity contribution in [2.75, 3.05) is 25.4 Å². The van der Waals surface area contributed by atoms with Crippen LogP contribution in [0.2, 0.25) is 0 Å². The van der Waals surface area contributed by atoms with Crippen molar-refractivity contribution in [1.82, 2.24) is 4.90 Å². The number of thioether (sulfide) groups is 1. The van der Waals surface area contributed by atoms with Gasteiger partial charge in [-0.05, 0) is 18.1 Å². The topological polar surface area (TPSA) is 61.8 Å². The highest BCUT2D eigenvalue weighted by Crippen LogP contribution is 2.17. The van der Waals surface area contributed by atoms with E-state index in [2.05, 4.69) is 48.2 Å². The van der Waals surface area contributed by atoms with Gasteiger partial charge in [-0.15, -0.1) is 11.8 Å². The van der Waals surface area contributed by atoms with Gasteiger partial charge in [-0.3, -0.25) is 0 Å². The number of nitrogens with zero attached hydrogens (tertiary/aromatic N) is 2. The second-order valence-corrected chi connectivity index (χ2v) is 6.37. The van der Waals surface area contributed by atoms with E-state index in [0.717, 1.165) is 25.4 Å². The lowest BCUT2D eigenvalue weighted by Crippen LogP contribution is -2.33. The number of hydrogen-bond acceptors (Lipinski definition) is 4. The van der Waals surface area contributed by atoms with E-state index in [9.17, 15) is 0 Å². The first-order valence-electron chi connectivity index (χ1n) is 6.98. The zero-order chi connectivity index (χ0) is 14.8. The van der Waals surface area contributed by atoms with Gasteiger partial charge in [0.2, 0.25) is 0 Å². The van der Waals surface area contributed by atoms with Crippen LogP contribution in [0.1, 0.15) is 20.3 Å². The van der Waals surface area contributed by atoms with Crippen molar-refractivity contribution in [2.45, 2.75) is 25.2 Å². The predicted octanol–water partition coefficient (Wildman–Crippen LogP) is 2.87. The summed E-state index contributed by atoms with van der Waals surface area (Å²) in [6.07, 6.45) is 0.610. The first kappa shape index (κ1) is 16.9. The Hall–Kier alpha value is -1.20. The van der Waals surface area contributed by atoms with Crippen LogP contribution in [-0.4, -0.2) is 41.3 Å². The highest BCUT2D eigenvalue weighted by Gasteiger charge is 2.08. The van der Waals surface area contributed by atoms with Gasteiger partial charge in [0.15, 0.2) is 0 Å². The van der Waals surface area contributed by atoms with Crippen LogP contribution in [0.5, 0.6) is 0 Å². The minimum Gasteiger partial charge on any atom is -0.409 e. The molecule has 0 radical (unpaired) electrons. The Balaban J connectivity index is 2.36. The lowest BCUT2D eigenvalue weighted by atomic mass is 10.2. The average Bonchev–Trinajstić information content (AvgIpc) is 2.44. The molecule has 0 saturated heterocycles. The Morgan fingerprint density at radius 1 is 1.30 bits per heavy atom. The van der Waals surface area contributed by atoms with Crippen LogP contribution in [0.3, 0.4) is 0 Å². The van der Waals surface area contributed by atoms with E-state index in [1.165, 1.54) is 4.90 Å². The molecule has 0 amide bonds. The largest absolute Gasteiger partial charge is 0.409 e. The van der Waals surface area contributed by atoms with Gasteiger partial charge in [0.25, 0.3) is 0 Å². The van der Waals surface area contributed by atoms with E-state index < -0.39 is 0 Å². The SMILES string of the molecule is CC(C)CN(CCSc1ccccc1)CCC(N)=NO. The van der Waals surface area contributed by atoms with E-state index >= 15 is 0 Å². The van der Waals surface area contributed by atoms with E-state index in [0.29, 0.717) is 18.2 Å². The number of benzene rings is 1. The van der Waals surface area contributed by atoms with Gasteiger partial charge in [0.05, 0.1) is 0 Å². The van der Waals surface area contributed by atoms with Crippen molar-refractivity contribution in [3.05, 3.63) is 30.3 Å². The van der Waals surface area contributed by atoms with Crippen molar-refractivity contribution < 1.29 is 5.21 Å². The predicted molar refractivity (Wildman–Crippen MR) is 86.5 cm³/mol. The molecule has 0 atom stereocenters. The first-order chi connectivity index (χ1) is 9.61. The Kier molecular flexibility index (Phi) is 8.14. The van der Waals surface area contributed by atoms with Gasteiger partial charge in [0, 0.05) is 36.7 Å². The van der Waals surface area contributed by atoms with Crippen LogP contribution >= 0.6 is 11.8 Å². The molecule has 0 saturated carbocycles. The van der Waals surface area contributed by atoms with Crippen LogP contribution < -0.4 is 5.73 Å². The standard InChI is InChI=1S/C15H25N3OS/c1-13(2)12-18(9-8-15(16)17-19)10-11-20-14-6-4-3-5-7-14/h3-7,13,19H,8-12H2,1-2H3,(H2,16,17). The van der Waals surface area contributed by atoms with Crippen LogP contribution in [0.25, 0.3) is 0 Å². The van der Waals surface area contributed by atoms with Gasteiger partial charge in [-0.2, -0.15) is 0 Å². The average molecular weight is 295 g/mol. The second kappa shape index (κ2) is 9.66. The summed E-state index contributed by atoms with van der Waals surface area (Å²) in [5, 5.41) is 11.6. The Morgan fingerprint density at radius 2 is 2.00 bits per heavy atom. The third kappa shape index (κ3) is 7.40. The minimum absolute atomic E-state index is 0.300. The van der Waals surface area contributed by atoms with Crippen molar-refractivity contribution in [2.24, 2.45) is 16.8 Å². The van der Waals surface area contributed by atoms with Gasteiger partial charge in [-0.1, -0.05) is 37.2 Å². The Labute approximate surface area is 126 Å². The molecule has 0 unspecified atom stereocenters. The van der Waals surface area contributed by atoms with Crippen molar-refractivity contribution in [3.8, 4) is 0 Å². The molecule has 1 aromatic carbocycles. The maximum atomic E-state index is 8.59. The summed E-state index contributed by atoms with van der Waals surface area (Å²) in [5.41, 5.74) is 5.54. The quantitative estimate of drug-likeness (QED) is 0.242. The minimum atomic E-state index is 0.300. The number of rotatable bonds is 9. The number of amidine groups is 1. The van der Waals surface area contributed by atoms with E-state index in [-0.39, 0.29) is 0 Å². The Bertz CT molecular complexity index is 395. The molecular formula is C15H25N3OS. The Morgan fingerprint density at radius 3 is 2.60 bits per heavy atom. The van der Waals surface area contributed by atoms with Crippen LogP contribution in [-0.2, 0) is 0 Å². The number of nitrogens with two attached hydrogens (primary N) is 1. The summed E-state index contributed by atoms with van der Waals surface area (Å²) in [7, 11) is 0. The molecule has 0 aliphatic rings. The number of hydrogen-bond donors (Lipinski definition) is 2. The van der Waals surface area contributed by atoms with E-state index in [4.69, 9.17) is 10.9 Å². The molecule has 0 fully saturated rings. The monoisotopic (exact) mass is 295 g/mol. The maximum Gasteiger partial charge on any atom is 0.140 e. The molecule has 0 bridgehead atoms. The molecule has 0 spiro atoms. The molecule has 0 heterocycles. The number of oxime groups is 1. The molecule has 112 valence electrons. The molecule has 4 nitrogen and oxygen atoms in total. The molecule has 20 heavy (non-hydrogen) atoms. The fraction of sp³-hybridized carbons (Fsp3) is 0.533. The molecule has 0 aliphatic heterocycles. The molecule has 1 aromatic rings. The fourth-order valence-electron chi connectivity index (χ4n) is 1.94. The van der Waals surface area contributed by atoms with Crippen LogP contribution in [0.4, 0.5) is 0 Å². The molecule has 0 aliphatic carbocycles. The third-order valence-electron chi connectivity index (χ3n) is 2.86. The molecule has 5 heteroatoms. The molecule has 1 rings (SSSR count). The summed E-state index contributed by atoms with van der Waals surface area (Å²) in [4.78, 5) is 3.67. The summed E-state index contributed by atoms with van der Waals surface area (Å²) in [6.45, 7) is 7.30. The van der Waals surface area contributed by atoms with E-state index in [1.807, 2.05) is 17.8 Å². The normalized spacial score (nSPS) is 12.3. The van der Waals surface area contributed by atoms with Gasteiger partial charge in [0.1, 0.15) is 5.84 Å². The highest BCUT2D eigenvalue weighted by molar-refractivity contribution is 7.99. The first-order valence-corrected chi connectivity index (χ1v) is 7.97. The van der Waals surface area contributed by atoms with Gasteiger partial charge < -0.3 is 15.8 Å². The zero-order valence-electron chi connectivity index (χ0n) is 12.3. The zero-order valence-corrected chi connectivity index (χ0v) is 13.1. The van der Waals surface area contributed by atoms with Crippen molar-refractivity contribution >= 4 is 17.6 Å². The smallest absolute Gasteiger partial charge is 0.140 e. The molecule has 3 N–H and O–H groups in total. The molecular weight excluding hydrogens is 270 g/mol. The summed E-state index contributed by atoms with van der Waals surface area (Å²) in [5.74, 6) is 1.96. The maximum absolute atomic E-state index is 8.59. The van der Waals surface area contributed by atoms with Gasteiger partial charge in [-0.25, -0.2) is 0 Å². The van der Waals surface area contributed by atoms with E-state index in [1.54, 1.807) is 0 Å². The highest BCUT2D eigenvalue weighted by atomic mass is 32.2. The summed E-state index contributed by atoms with van der Waals surface area (Å²) >= 11 is 1.86.